The van der Waals surface area contributed by atoms with E-state index in [0.29, 0.717) is 26.3 Å². The van der Waals surface area contributed by atoms with Gasteiger partial charge in [-0.3, -0.25) is 14.5 Å². The minimum atomic E-state index is -1.06. The molecular weight excluding hydrogens is 508 g/mol. The number of carbonyl (C=O) groups is 2. The van der Waals surface area contributed by atoms with Gasteiger partial charge in [0, 0.05) is 54.0 Å². The number of H-pyrrole nitrogens is 1. The number of fused-ring (bicyclic) bond motifs is 5. The minimum absolute atomic E-state index is 0.000459. The number of hydrogen-bond acceptors (Lipinski definition) is 4. The first kappa shape index (κ1) is 22.8. The number of aromatic amines is 1. The van der Waals surface area contributed by atoms with Gasteiger partial charge < -0.3 is 19.5 Å². The highest BCUT2D eigenvalue weighted by molar-refractivity contribution is 9.10. The van der Waals surface area contributed by atoms with Crippen LogP contribution in [0.2, 0.25) is 0 Å². The number of rotatable bonds is 4. The number of piperazine rings is 1. The van der Waals surface area contributed by atoms with Crippen molar-refractivity contribution in [1.29, 1.82) is 0 Å². The number of morpholine rings is 1. The average molecular weight is 537 g/mol. The van der Waals surface area contributed by atoms with Crippen molar-refractivity contribution in [2.24, 2.45) is 0 Å². The number of nitrogens with one attached hydrogen (secondary N) is 1. The molecule has 3 aromatic rings. The molecule has 2 atom stereocenters. The molecule has 3 aliphatic rings. The zero-order valence-corrected chi connectivity index (χ0v) is 21.4. The SMILES string of the molecule is C[C@]12C(=O)N(CCN3CCOCC3)CC(=O)N1C[C@H](c1ccc(Br)cc1)c1c2[nH]c2ccccc12. The third kappa shape index (κ3) is 3.70. The summed E-state index contributed by atoms with van der Waals surface area (Å²) < 4.78 is 6.46. The maximum Gasteiger partial charge on any atom is 0.254 e. The fraction of sp³-hybridized carbons (Fsp3) is 0.407. The van der Waals surface area contributed by atoms with Gasteiger partial charge in [0.2, 0.25) is 5.91 Å². The molecule has 1 N–H and O–H groups in total. The Morgan fingerprint density at radius 1 is 1.06 bits per heavy atom. The highest BCUT2D eigenvalue weighted by Gasteiger charge is 2.56. The third-order valence-electron chi connectivity index (χ3n) is 7.88. The fourth-order valence-electron chi connectivity index (χ4n) is 5.94. The lowest BCUT2D eigenvalue weighted by molar-refractivity contribution is -0.166. The van der Waals surface area contributed by atoms with E-state index in [0.717, 1.165) is 51.8 Å². The van der Waals surface area contributed by atoms with E-state index in [1.807, 2.05) is 42.2 Å². The van der Waals surface area contributed by atoms with Gasteiger partial charge in [0.15, 0.2) is 5.54 Å². The molecule has 3 aliphatic heterocycles. The van der Waals surface area contributed by atoms with Gasteiger partial charge in [0.05, 0.1) is 25.5 Å². The minimum Gasteiger partial charge on any atom is -0.379 e. The average Bonchev–Trinajstić information content (AvgIpc) is 3.28. The Morgan fingerprint density at radius 3 is 2.57 bits per heavy atom. The number of halogens is 1. The van der Waals surface area contributed by atoms with Gasteiger partial charge in [-0.25, -0.2) is 0 Å². The van der Waals surface area contributed by atoms with Gasteiger partial charge in [-0.05, 0) is 36.2 Å². The molecule has 2 aromatic carbocycles. The van der Waals surface area contributed by atoms with Gasteiger partial charge in [-0.15, -0.1) is 0 Å². The summed E-state index contributed by atoms with van der Waals surface area (Å²) in [6.07, 6.45) is 0. The molecule has 7 nitrogen and oxygen atoms in total. The Balaban J connectivity index is 1.42. The van der Waals surface area contributed by atoms with Crippen molar-refractivity contribution >= 4 is 38.6 Å². The standard InChI is InChI=1S/C27H29BrN4O3/c1-27-25-24(20-4-2-3-5-22(20)29-25)21(18-6-8-19(28)9-7-18)16-32(27)23(33)17-31(26(27)34)11-10-30-12-14-35-15-13-30/h2-9,21,29H,10-17H2,1H3/t21-,27+/m1/s1. The second kappa shape index (κ2) is 8.76. The van der Waals surface area contributed by atoms with E-state index in [4.69, 9.17) is 4.74 Å². The number of hydrogen-bond donors (Lipinski definition) is 1. The molecule has 2 amide bonds. The number of benzene rings is 2. The Bertz CT molecular complexity index is 1280. The van der Waals surface area contributed by atoms with Crippen LogP contribution in [-0.4, -0.2) is 84.0 Å². The largest absolute Gasteiger partial charge is 0.379 e. The van der Waals surface area contributed by atoms with Gasteiger partial charge in [-0.1, -0.05) is 46.3 Å². The molecule has 8 heteroatoms. The van der Waals surface area contributed by atoms with Crippen molar-refractivity contribution in [1.82, 2.24) is 19.7 Å². The summed E-state index contributed by atoms with van der Waals surface area (Å²) in [5.41, 5.74) is 3.04. The molecule has 0 spiro atoms. The van der Waals surface area contributed by atoms with Crippen molar-refractivity contribution in [3.63, 3.8) is 0 Å². The molecule has 1 aromatic heterocycles. The van der Waals surface area contributed by atoms with Crippen LogP contribution in [0.25, 0.3) is 10.9 Å². The van der Waals surface area contributed by atoms with Gasteiger partial charge in [0.25, 0.3) is 5.91 Å². The summed E-state index contributed by atoms with van der Waals surface area (Å²) >= 11 is 3.53. The molecule has 0 bridgehead atoms. The van der Waals surface area contributed by atoms with Crippen LogP contribution in [0.1, 0.15) is 29.7 Å². The molecule has 6 rings (SSSR count). The third-order valence-corrected chi connectivity index (χ3v) is 8.41. The summed E-state index contributed by atoms with van der Waals surface area (Å²) in [6, 6.07) is 16.5. The topological polar surface area (TPSA) is 68.9 Å². The van der Waals surface area contributed by atoms with E-state index in [9.17, 15) is 9.59 Å². The second-order valence-electron chi connectivity index (χ2n) is 9.82. The molecule has 0 aliphatic carbocycles. The lowest BCUT2D eigenvalue weighted by Gasteiger charge is -2.51. The van der Waals surface area contributed by atoms with Gasteiger partial charge in [-0.2, -0.15) is 0 Å². The van der Waals surface area contributed by atoms with Crippen LogP contribution >= 0.6 is 15.9 Å². The molecule has 0 saturated carbocycles. The Kier molecular flexibility index (Phi) is 5.70. The molecule has 0 radical (unpaired) electrons. The summed E-state index contributed by atoms with van der Waals surface area (Å²) in [7, 11) is 0. The predicted molar refractivity (Wildman–Crippen MR) is 137 cm³/mol. The van der Waals surface area contributed by atoms with Gasteiger partial charge in [0.1, 0.15) is 0 Å². The smallest absolute Gasteiger partial charge is 0.254 e. The molecule has 0 unspecified atom stereocenters. The number of para-hydroxylation sites is 1. The van der Waals surface area contributed by atoms with E-state index in [1.54, 1.807) is 4.90 Å². The maximum absolute atomic E-state index is 14.1. The second-order valence-corrected chi connectivity index (χ2v) is 10.7. The fourth-order valence-corrected chi connectivity index (χ4v) is 6.20. The van der Waals surface area contributed by atoms with Crippen LogP contribution in [0.3, 0.4) is 0 Å². The summed E-state index contributed by atoms with van der Waals surface area (Å²) in [4.78, 5) is 37.1. The Labute approximate surface area is 213 Å². The van der Waals surface area contributed by atoms with Crippen LogP contribution in [0.15, 0.2) is 53.0 Å². The summed E-state index contributed by atoms with van der Waals surface area (Å²) in [6.45, 7) is 6.97. The highest BCUT2D eigenvalue weighted by Crippen LogP contribution is 2.48. The number of ether oxygens (including phenoxy) is 1. The Hall–Kier alpha value is -2.68. The van der Waals surface area contributed by atoms with Crippen molar-refractivity contribution in [3.05, 3.63) is 69.8 Å². The summed E-state index contributed by atoms with van der Waals surface area (Å²) in [5.74, 6) is -0.0214. The van der Waals surface area contributed by atoms with Crippen molar-refractivity contribution in [2.45, 2.75) is 18.4 Å². The van der Waals surface area contributed by atoms with Crippen molar-refractivity contribution < 1.29 is 14.3 Å². The lowest BCUT2D eigenvalue weighted by atomic mass is 9.76. The van der Waals surface area contributed by atoms with Crippen LogP contribution in [0, 0.1) is 0 Å². The first-order valence-corrected chi connectivity index (χ1v) is 13.0. The van der Waals surface area contributed by atoms with E-state index in [2.05, 4.69) is 44.0 Å². The number of aromatic nitrogens is 1. The van der Waals surface area contributed by atoms with Crippen LogP contribution in [0.5, 0.6) is 0 Å². The molecule has 2 fully saturated rings. The molecule has 35 heavy (non-hydrogen) atoms. The normalized spacial score (nSPS) is 25.1. The molecular formula is C27H29BrN4O3. The van der Waals surface area contributed by atoms with E-state index >= 15 is 0 Å². The summed E-state index contributed by atoms with van der Waals surface area (Å²) in [5, 5.41) is 1.11. The monoisotopic (exact) mass is 536 g/mol. The molecule has 4 heterocycles. The maximum atomic E-state index is 14.1. The van der Waals surface area contributed by atoms with Crippen LogP contribution in [-0.2, 0) is 19.9 Å². The van der Waals surface area contributed by atoms with Crippen molar-refractivity contribution in [3.8, 4) is 0 Å². The van der Waals surface area contributed by atoms with Gasteiger partial charge >= 0.3 is 0 Å². The molecule has 2 saturated heterocycles. The van der Waals surface area contributed by atoms with E-state index < -0.39 is 5.54 Å². The van der Waals surface area contributed by atoms with Crippen LogP contribution in [0.4, 0.5) is 0 Å². The number of nitrogens with zero attached hydrogens (tertiary/aromatic N) is 3. The van der Waals surface area contributed by atoms with Crippen molar-refractivity contribution in [2.75, 3.05) is 52.5 Å². The number of carbonyl (C=O) groups excluding carboxylic acids is 2. The quantitative estimate of drug-likeness (QED) is 0.555. The van der Waals surface area contributed by atoms with E-state index in [-0.39, 0.29) is 24.3 Å². The van der Waals surface area contributed by atoms with Crippen LogP contribution < -0.4 is 0 Å². The molecule has 182 valence electrons. The first-order chi connectivity index (χ1) is 17.0. The van der Waals surface area contributed by atoms with E-state index in [1.165, 1.54) is 0 Å². The zero-order chi connectivity index (χ0) is 24.2. The highest BCUT2D eigenvalue weighted by atomic mass is 79.9. The lowest BCUT2D eigenvalue weighted by Crippen LogP contribution is -2.68. The zero-order valence-electron chi connectivity index (χ0n) is 19.8. The Morgan fingerprint density at radius 2 is 1.80 bits per heavy atom. The number of amides is 2. The predicted octanol–water partition coefficient (Wildman–Crippen LogP) is 3.29. The first-order valence-electron chi connectivity index (χ1n) is 12.2.